The zero-order valence-corrected chi connectivity index (χ0v) is 12.3. The molecule has 7 heteroatoms. The maximum Gasteiger partial charge on any atom is 0.335 e. The van der Waals surface area contributed by atoms with Gasteiger partial charge in [0.15, 0.2) is 0 Å². The van der Waals surface area contributed by atoms with Crippen LogP contribution < -0.4 is 10.6 Å². The zero-order valence-electron chi connectivity index (χ0n) is 11.6. The van der Waals surface area contributed by atoms with Crippen LogP contribution in [0.3, 0.4) is 0 Å². The molecule has 114 valence electrons. The summed E-state index contributed by atoms with van der Waals surface area (Å²) in [6.07, 6.45) is 1.77. The number of rotatable bonds is 5. The van der Waals surface area contributed by atoms with Crippen LogP contribution in [0.5, 0.6) is 0 Å². The molecule has 6 nitrogen and oxygen atoms in total. The molecule has 0 saturated heterocycles. The van der Waals surface area contributed by atoms with Crippen molar-refractivity contribution in [2.24, 2.45) is 0 Å². The standard InChI is InChI=1S/C14H17ClN2O4/c1-2-21-10-6-9(7-10)16-14(20)17-12-5-8(13(18)19)3-4-11(12)15/h3-5,9-10H,2,6-7H2,1H3,(H,18,19)(H2,16,17,20). The second kappa shape index (κ2) is 6.78. The van der Waals surface area contributed by atoms with Crippen molar-refractivity contribution >= 4 is 29.3 Å². The molecule has 1 aliphatic carbocycles. The number of carboxylic acid groups (broad SMARTS) is 1. The molecule has 0 spiro atoms. The Morgan fingerprint density at radius 1 is 1.43 bits per heavy atom. The number of aromatic carboxylic acids is 1. The van der Waals surface area contributed by atoms with Crippen molar-refractivity contribution in [2.45, 2.75) is 31.9 Å². The largest absolute Gasteiger partial charge is 0.478 e. The van der Waals surface area contributed by atoms with Gasteiger partial charge in [-0.1, -0.05) is 11.6 Å². The van der Waals surface area contributed by atoms with Gasteiger partial charge < -0.3 is 20.5 Å². The molecule has 21 heavy (non-hydrogen) atoms. The topological polar surface area (TPSA) is 87.7 Å². The van der Waals surface area contributed by atoms with Gasteiger partial charge in [-0.05, 0) is 38.0 Å². The van der Waals surface area contributed by atoms with E-state index in [1.165, 1.54) is 18.2 Å². The number of ether oxygens (including phenoxy) is 1. The fourth-order valence-electron chi connectivity index (χ4n) is 2.15. The summed E-state index contributed by atoms with van der Waals surface area (Å²) in [7, 11) is 0. The highest BCUT2D eigenvalue weighted by atomic mass is 35.5. The van der Waals surface area contributed by atoms with Gasteiger partial charge >= 0.3 is 12.0 Å². The molecule has 1 aliphatic rings. The second-order valence-electron chi connectivity index (χ2n) is 4.84. The Morgan fingerprint density at radius 3 is 2.76 bits per heavy atom. The molecular weight excluding hydrogens is 296 g/mol. The summed E-state index contributed by atoms with van der Waals surface area (Å²) >= 11 is 5.94. The molecule has 0 aliphatic heterocycles. The third kappa shape index (κ3) is 4.09. The molecular formula is C14H17ClN2O4. The predicted molar refractivity (Wildman–Crippen MR) is 79.0 cm³/mol. The van der Waals surface area contributed by atoms with Gasteiger partial charge in [-0.3, -0.25) is 0 Å². The lowest BCUT2D eigenvalue weighted by atomic mass is 9.89. The number of carbonyl (C=O) groups is 2. The van der Waals surface area contributed by atoms with Crippen LogP contribution in [-0.2, 0) is 4.74 Å². The van der Waals surface area contributed by atoms with Gasteiger partial charge in [-0.25, -0.2) is 9.59 Å². The Balaban J connectivity index is 1.88. The second-order valence-corrected chi connectivity index (χ2v) is 5.25. The molecule has 3 N–H and O–H groups in total. The lowest BCUT2D eigenvalue weighted by Crippen LogP contribution is -2.49. The minimum atomic E-state index is -1.08. The van der Waals surface area contributed by atoms with Crippen molar-refractivity contribution in [1.29, 1.82) is 0 Å². The minimum Gasteiger partial charge on any atom is -0.478 e. The van der Waals surface area contributed by atoms with Gasteiger partial charge in [0.1, 0.15) is 0 Å². The summed E-state index contributed by atoms with van der Waals surface area (Å²) in [6.45, 7) is 2.60. The first-order valence-electron chi connectivity index (χ1n) is 6.71. The number of hydrogen-bond acceptors (Lipinski definition) is 3. The predicted octanol–water partition coefficient (Wildman–Crippen LogP) is 2.73. The highest BCUT2D eigenvalue weighted by Gasteiger charge is 2.30. The average molecular weight is 313 g/mol. The number of urea groups is 1. The third-order valence-electron chi connectivity index (χ3n) is 3.29. The fraction of sp³-hybridized carbons (Fsp3) is 0.429. The van der Waals surface area contributed by atoms with Crippen molar-refractivity contribution in [3.05, 3.63) is 28.8 Å². The van der Waals surface area contributed by atoms with E-state index in [9.17, 15) is 9.59 Å². The van der Waals surface area contributed by atoms with Crippen molar-refractivity contribution in [3.63, 3.8) is 0 Å². The van der Waals surface area contributed by atoms with Gasteiger partial charge in [0.25, 0.3) is 0 Å². The van der Waals surface area contributed by atoms with Gasteiger partial charge in [0.05, 0.1) is 22.4 Å². The van der Waals surface area contributed by atoms with E-state index in [4.69, 9.17) is 21.4 Å². The number of hydrogen-bond donors (Lipinski definition) is 3. The molecule has 1 aromatic carbocycles. The van der Waals surface area contributed by atoms with Crippen LogP contribution in [0, 0.1) is 0 Å². The number of anilines is 1. The summed E-state index contributed by atoms with van der Waals surface area (Å²) in [6, 6.07) is 3.82. The molecule has 0 bridgehead atoms. The van der Waals surface area contributed by atoms with Crippen LogP contribution in [0.4, 0.5) is 10.5 Å². The van der Waals surface area contributed by atoms with Crippen LogP contribution in [-0.4, -0.2) is 35.9 Å². The first-order chi connectivity index (χ1) is 9.99. The molecule has 1 saturated carbocycles. The van der Waals surface area contributed by atoms with Crippen LogP contribution in [0.25, 0.3) is 0 Å². The van der Waals surface area contributed by atoms with Gasteiger partial charge in [0, 0.05) is 12.6 Å². The van der Waals surface area contributed by atoms with Crippen LogP contribution in [0.1, 0.15) is 30.1 Å². The fourth-order valence-corrected chi connectivity index (χ4v) is 2.32. The van der Waals surface area contributed by atoms with Crippen LogP contribution in [0.15, 0.2) is 18.2 Å². The molecule has 0 unspecified atom stereocenters. The summed E-state index contributed by atoms with van der Waals surface area (Å²) in [5, 5.41) is 14.6. The molecule has 2 rings (SSSR count). The van der Waals surface area contributed by atoms with Crippen LogP contribution >= 0.6 is 11.6 Å². The average Bonchev–Trinajstić information content (AvgIpc) is 2.38. The van der Waals surface area contributed by atoms with E-state index in [1.807, 2.05) is 6.92 Å². The Labute approximate surface area is 127 Å². The SMILES string of the molecule is CCOC1CC(NC(=O)Nc2cc(C(=O)O)ccc2Cl)C1. The molecule has 1 fully saturated rings. The van der Waals surface area contributed by atoms with E-state index in [0.29, 0.717) is 6.61 Å². The summed E-state index contributed by atoms with van der Waals surface area (Å²) in [5.74, 6) is -1.08. The number of nitrogens with one attached hydrogen (secondary N) is 2. The van der Waals surface area contributed by atoms with Crippen molar-refractivity contribution in [3.8, 4) is 0 Å². The van der Waals surface area contributed by atoms with E-state index in [-0.39, 0.29) is 28.4 Å². The van der Waals surface area contributed by atoms with E-state index in [2.05, 4.69) is 10.6 Å². The van der Waals surface area contributed by atoms with E-state index < -0.39 is 12.0 Å². The first-order valence-corrected chi connectivity index (χ1v) is 7.09. The third-order valence-corrected chi connectivity index (χ3v) is 3.62. The smallest absolute Gasteiger partial charge is 0.335 e. The Hall–Kier alpha value is -1.79. The lowest BCUT2D eigenvalue weighted by Gasteiger charge is -2.35. The highest BCUT2D eigenvalue weighted by molar-refractivity contribution is 6.33. The molecule has 0 radical (unpaired) electrons. The van der Waals surface area contributed by atoms with E-state index in [1.54, 1.807) is 0 Å². The van der Waals surface area contributed by atoms with Crippen molar-refractivity contribution in [1.82, 2.24) is 5.32 Å². The van der Waals surface area contributed by atoms with E-state index in [0.717, 1.165) is 12.8 Å². The maximum absolute atomic E-state index is 11.8. The first kappa shape index (κ1) is 15.6. The summed E-state index contributed by atoms with van der Waals surface area (Å²) in [4.78, 5) is 22.7. The summed E-state index contributed by atoms with van der Waals surface area (Å²) < 4.78 is 5.41. The molecule has 2 amide bonds. The van der Waals surface area contributed by atoms with Gasteiger partial charge in [-0.2, -0.15) is 0 Å². The lowest BCUT2D eigenvalue weighted by molar-refractivity contribution is -0.00673. The number of carbonyl (C=O) groups excluding carboxylic acids is 1. The van der Waals surface area contributed by atoms with E-state index >= 15 is 0 Å². The number of halogens is 1. The van der Waals surface area contributed by atoms with Crippen molar-refractivity contribution in [2.75, 3.05) is 11.9 Å². The summed E-state index contributed by atoms with van der Waals surface area (Å²) in [5.41, 5.74) is 0.338. The number of carboxylic acids is 1. The number of benzene rings is 1. The zero-order chi connectivity index (χ0) is 15.4. The van der Waals surface area contributed by atoms with Gasteiger partial charge in [-0.15, -0.1) is 0 Å². The highest BCUT2D eigenvalue weighted by Crippen LogP contribution is 2.25. The monoisotopic (exact) mass is 312 g/mol. The van der Waals surface area contributed by atoms with Crippen LogP contribution in [0.2, 0.25) is 5.02 Å². The molecule has 0 heterocycles. The number of amides is 2. The molecule has 0 aromatic heterocycles. The molecule has 0 atom stereocenters. The normalized spacial score (nSPS) is 20.5. The minimum absolute atomic E-state index is 0.0646. The Kier molecular flexibility index (Phi) is 5.03. The quantitative estimate of drug-likeness (QED) is 0.780. The Morgan fingerprint density at radius 2 is 2.14 bits per heavy atom. The molecule has 1 aromatic rings. The van der Waals surface area contributed by atoms with Crippen molar-refractivity contribution < 1.29 is 19.4 Å². The Bertz CT molecular complexity index is 544. The van der Waals surface area contributed by atoms with Gasteiger partial charge in [0.2, 0.25) is 0 Å². The maximum atomic E-state index is 11.8.